The lowest BCUT2D eigenvalue weighted by molar-refractivity contribution is 0.628. The standard InChI is InChI=1S/C17H13FN4O/c18-14-8-6-12(7-9-14)11-19-22-17-20-15(10-16(23)21-17)13-4-2-1-3-5-13/h1-11H,(H2,20,21,22,23)/b19-11-. The third-order valence-electron chi connectivity index (χ3n) is 3.07. The number of hydrazone groups is 1. The Kier molecular flexibility index (Phi) is 4.24. The van der Waals surface area contributed by atoms with Gasteiger partial charge in [-0.1, -0.05) is 42.5 Å². The molecule has 0 radical (unpaired) electrons. The molecule has 114 valence electrons. The van der Waals surface area contributed by atoms with Crippen molar-refractivity contribution in [2.24, 2.45) is 5.10 Å². The van der Waals surface area contributed by atoms with Crippen molar-refractivity contribution < 1.29 is 4.39 Å². The largest absolute Gasteiger partial charge is 0.291 e. The molecule has 0 atom stereocenters. The molecule has 6 heteroatoms. The number of H-pyrrole nitrogens is 1. The summed E-state index contributed by atoms with van der Waals surface area (Å²) in [7, 11) is 0. The first-order chi connectivity index (χ1) is 11.2. The van der Waals surface area contributed by atoms with Gasteiger partial charge >= 0.3 is 0 Å². The van der Waals surface area contributed by atoms with Crippen LogP contribution in [0.5, 0.6) is 0 Å². The summed E-state index contributed by atoms with van der Waals surface area (Å²) in [5, 5.41) is 3.99. The molecule has 23 heavy (non-hydrogen) atoms. The number of benzene rings is 2. The highest BCUT2D eigenvalue weighted by Crippen LogP contribution is 2.15. The van der Waals surface area contributed by atoms with Crippen LogP contribution in [0.2, 0.25) is 0 Å². The minimum atomic E-state index is -0.309. The Labute approximate surface area is 131 Å². The van der Waals surface area contributed by atoms with E-state index >= 15 is 0 Å². The molecule has 3 rings (SSSR count). The van der Waals surface area contributed by atoms with E-state index in [-0.39, 0.29) is 17.3 Å². The van der Waals surface area contributed by atoms with Gasteiger partial charge in [-0.15, -0.1) is 0 Å². The van der Waals surface area contributed by atoms with Gasteiger partial charge in [0.25, 0.3) is 5.56 Å². The Morgan fingerprint density at radius 2 is 1.83 bits per heavy atom. The highest BCUT2D eigenvalue weighted by atomic mass is 19.1. The van der Waals surface area contributed by atoms with E-state index < -0.39 is 0 Å². The summed E-state index contributed by atoms with van der Waals surface area (Å²) in [5.41, 5.74) is 4.50. The van der Waals surface area contributed by atoms with E-state index in [4.69, 9.17) is 0 Å². The van der Waals surface area contributed by atoms with Crippen LogP contribution >= 0.6 is 0 Å². The molecule has 1 heterocycles. The first-order valence-corrected chi connectivity index (χ1v) is 6.92. The zero-order valence-corrected chi connectivity index (χ0v) is 12.0. The second-order valence-electron chi connectivity index (χ2n) is 4.77. The van der Waals surface area contributed by atoms with Gasteiger partial charge < -0.3 is 0 Å². The number of nitrogens with zero attached hydrogens (tertiary/aromatic N) is 2. The summed E-state index contributed by atoms with van der Waals surface area (Å²) in [4.78, 5) is 18.6. The Bertz CT molecular complexity index is 873. The highest BCUT2D eigenvalue weighted by molar-refractivity contribution is 5.79. The number of nitrogens with one attached hydrogen (secondary N) is 2. The maximum Gasteiger partial charge on any atom is 0.252 e. The number of aromatic nitrogens is 2. The minimum absolute atomic E-state index is 0.231. The van der Waals surface area contributed by atoms with Crippen molar-refractivity contribution in [1.82, 2.24) is 9.97 Å². The van der Waals surface area contributed by atoms with E-state index in [1.54, 1.807) is 12.1 Å². The van der Waals surface area contributed by atoms with Crippen molar-refractivity contribution in [3.63, 3.8) is 0 Å². The van der Waals surface area contributed by atoms with Gasteiger partial charge in [0.1, 0.15) is 5.82 Å². The molecule has 3 aromatic rings. The molecular formula is C17H13FN4O. The van der Waals surface area contributed by atoms with Crippen molar-refractivity contribution in [1.29, 1.82) is 0 Å². The second-order valence-corrected chi connectivity index (χ2v) is 4.77. The number of rotatable bonds is 4. The van der Waals surface area contributed by atoms with E-state index in [2.05, 4.69) is 20.5 Å². The summed E-state index contributed by atoms with van der Waals surface area (Å²) in [5.74, 6) is -0.0774. The molecule has 0 aliphatic heterocycles. The molecule has 2 N–H and O–H groups in total. The molecule has 0 saturated carbocycles. The third-order valence-corrected chi connectivity index (χ3v) is 3.07. The minimum Gasteiger partial charge on any atom is -0.291 e. The number of aromatic amines is 1. The fraction of sp³-hybridized carbons (Fsp3) is 0. The molecule has 5 nitrogen and oxygen atoms in total. The van der Waals surface area contributed by atoms with Gasteiger partial charge in [-0.2, -0.15) is 5.10 Å². The van der Waals surface area contributed by atoms with Crippen LogP contribution in [0.3, 0.4) is 0 Å². The zero-order valence-electron chi connectivity index (χ0n) is 12.0. The summed E-state index contributed by atoms with van der Waals surface area (Å²) in [6.07, 6.45) is 1.51. The predicted molar refractivity (Wildman–Crippen MR) is 87.9 cm³/mol. The predicted octanol–water partition coefficient (Wildman–Crippen LogP) is 3.02. The van der Waals surface area contributed by atoms with Crippen LogP contribution in [0.15, 0.2) is 70.6 Å². The summed E-state index contributed by atoms with van der Waals surface area (Å²) in [6.45, 7) is 0. The molecule has 0 aliphatic rings. The first kappa shape index (κ1) is 14.6. The molecule has 0 spiro atoms. The van der Waals surface area contributed by atoms with Gasteiger partial charge in [0.15, 0.2) is 0 Å². The fourth-order valence-electron chi connectivity index (χ4n) is 1.98. The maximum absolute atomic E-state index is 12.8. The van der Waals surface area contributed by atoms with Crippen LogP contribution in [0.4, 0.5) is 10.3 Å². The van der Waals surface area contributed by atoms with Crippen LogP contribution in [0.1, 0.15) is 5.56 Å². The van der Waals surface area contributed by atoms with E-state index in [0.29, 0.717) is 5.69 Å². The Morgan fingerprint density at radius 3 is 2.57 bits per heavy atom. The number of hydrogen-bond donors (Lipinski definition) is 2. The van der Waals surface area contributed by atoms with E-state index in [9.17, 15) is 9.18 Å². The number of anilines is 1. The monoisotopic (exact) mass is 308 g/mol. The van der Waals surface area contributed by atoms with Gasteiger partial charge in [0, 0.05) is 11.6 Å². The Hall–Kier alpha value is -3.28. The molecule has 0 bridgehead atoms. The molecule has 0 unspecified atom stereocenters. The van der Waals surface area contributed by atoms with Crippen LogP contribution in [-0.4, -0.2) is 16.2 Å². The molecular weight excluding hydrogens is 295 g/mol. The van der Waals surface area contributed by atoms with Crippen LogP contribution < -0.4 is 11.0 Å². The highest BCUT2D eigenvalue weighted by Gasteiger charge is 2.02. The topological polar surface area (TPSA) is 70.1 Å². The van der Waals surface area contributed by atoms with Crippen LogP contribution in [0, 0.1) is 5.82 Å². The van der Waals surface area contributed by atoms with Gasteiger partial charge in [-0.3, -0.25) is 9.78 Å². The van der Waals surface area contributed by atoms with E-state index in [1.807, 2.05) is 30.3 Å². The molecule has 1 aromatic heterocycles. The normalized spacial score (nSPS) is 10.8. The van der Waals surface area contributed by atoms with E-state index in [1.165, 1.54) is 24.4 Å². The SMILES string of the molecule is O=c1cc(-c2ccccc2)nc(N/N=C\c2ccc(F)cc2)[nH]1. The fourth-order valence-corrected chi connectivity index (χ4v) is 1.98. The zero-order chi connectivity index (χ0) is 16.1. The Balaban J connectivity index is 1.79. The summed E-state index contributed by atoms with van der Waals surface area (Å²) < 4.78 is 12.8. The average molecular weight is 308 g/mol. The molecule has 0 amide bonds. The quantitative estimate of drug-likeness (QED) is 0.575. The van der Waals surface area contributed by atoms with Crippen molar-refractivity contribution in [3.05, 3.63) is 82.4 Å². The van der Waals surface area contributed by atoms with E-state index in [0.717, 1.165) is 11.1 Å². The summed E-state index contributed by atoms with van der Waals surface area (Å²) in [6, 6.07) is 16.7. The maximum atomic E-state index is 12.8. The molecule has 0 fully saturated rings. The van der Waals surface area contributed by atoms with Crippen LogP contribution in [0.25, 0.3) is 11.3 Å². The number of hydrogen-bond acceptors (Lipinski definition) is 4. The second kappa shape index (κ2) is 6.65. The van der Waals surface area contributed by atoms with Crippen molar-refractivity contribution in [3.8, 4) is 11.3 Å². The van der Waals surface area contributed by atoms with Crippen molar-refractivity contribution in [2.75, 3.05) is 5.43 Å². The van der Waals surface area contributed by atoms with Gasteiger partial charge in [-0.25, -0.2) is 14.8 Å². The van der Waals surface area contributed by atoms with Gasteiger partial charge in [0.2, 0.25) is 5.95 Å². The van der Waals surface area contributed by atoms with Gasteiger partial charge in [0.05, 0.1) is 11.9 Å². The van der Waals surface area contributed by atoms with Gasteiger partial charge in [-0.05, 0) is 17.7 Å². The average Bonchev–Trinajstić information content (AvgIpc) is 2.57. The van der Waals surface area contributed by atoms with Crippen LogP contribution in [-0.2, 0) is 0 Å². The van der Waals surface area contributed by atoms with Crippen molar-refractivity contribution in [2.45, 2.75) is 0 Å². The number of halogens is 1. The molecule has 0 aliphatic carbocycles. The molecule has 2 aromatic carbocycles. The Morgan fingerprint density at radius 1 is 1.09 bits per heavy atom. The first-order valence-electron chi connectivity index (χ1n) is 6.92. The lowest BCUT2D eigenvalue weighted by atomic mass is 10.1. The molecule has 0 saturated heterocycles. The summed E-state index contributed by atoms with van der Waals surface area (Å²) >= 11 is 0. The lowest BCUT2D eigenvalue weighted by Crippen LogP contribution is -2.10. The third kappa shape index (κ3) is 3.88. The lowest BCUT2D eigenvalue weighted by Gasteiger charge is -2.03. The van der Waals surface area contributed by atoms with Crippen molar-refractivity contribution >= 4 is 12.2 Å². The smallest absolute Gasteiger partial charge is 0.252 e.